The number of nitrogens with one attached hydrogen (secondary N) is 2. The Labute approximate surface area is 124 Å². The number of rotatable bonds is 2. The SMILES string of the molecule is O=C(Nc1cccnc1Cl)c1cc2cccc(Cl)c2[nH]1. The molecule has 1 aromatic carbocycles. The fraction of sp³-hybridized carbons (Fsp3) is 0. The van der Waals surface area contributed by atoms with Crippen LogP contribution in [0.15, 0.2) is 42.6 Å². The van der Waals surface area contributed by atoms with Crippen LogP contribution in [0.3, 0.4) is 0 Å². The van der Waals surface area contributed by atoms with Gasteiger partial charge in [0.15, 0.2) is 5.15 Å². The van der Waals surface area contributed by atoms with E-state index in [2.05, 4.69) is 15.3 Å². The average Bonchev–Trinajstić information content (AvgIpc) is 2.87. The number of anilines is 1. The zero-order chi connectivity index (χ0) is 14.1. The summed E-state index contributed by atoms with van der Waals surface area (Å²) >= 11 is 12.0. The molecule has 0 radical (unpaired) electrons. The monoisotopic (exact) mass is 305 g/mol. The molecule has 0 atom stereocenters. The van der Waals surface area contributed by atoms with Crippen LogP contribution in [0.5, 0.6) is 0 Å². The highest BCUT2D eigenvalue weighted by molar-refractivity contribution is 6.35. The Kier molecular flexibility index (Phi) is 3.34. The first kappa shape index (κ1) is 13.0. The molecule has 0 aliphatic rings. The number of H-pyrrole nitrogens is 1. The maximum absolute atomic E-state index is 12.2. The molecule has 2 N–H and O–H groups in total. The van der Waals surface area contributed by atoms with E-state index < -0.39 is 0 Å². The van der Waals surface area contributed by atoms with E-state index in [-0.39, 0.29) is 11.1 Å². The molecule has 0 unspecified atom stereocenters. The number of halogens is 2. The van der Waals surface area contributed by atoms with E-state index >= 15 is 0 Å². The van der Waals surface area contributed by atoms with Crippen LogP contribution in [0.2, 0.25) is 10.2 Å². The molecule has 0 bridgehead atoms. The fourth-order valence-corrected chi connectivity index (χ4v) is 2.31. The van der Waals surface area contributed by atoms with Crippen LogP contribution in [0.25, 0.3) is 10.9 Å². The summed E-state index contributed by atoms with van der Waals surface area (Å²) in [5, 5.41) is 4.39. The first-order valence-electron chi connectivity index (χ1n) is 5.84. The van der Waals surface area contributed by atoms with E-state index in [1.165, 1.54) is 0 Å². The molecule has 0 aliphatic carbocycles. The van der Waals surface area contributed by atoms with Crippen LogP contribution in [0.4, 0.5) is 5.69 Å². The van der Waals surface area contributed by atoms with Gasteiger partial charge in [0.1, 0.15) is 5.69 Å². The molecule has 1 amide bonds. The summed E-state index contributed by atoms with van der Waals surface area (Å²) in [7, 11) is 0. The molecular weight excluding hydrogens is 297 g/mol. The van der Waals surface area contributed by atoms with Gasteiger partial charge in [-0.25, -0.2) is 4.98 Å². The van der Waals surface area contributed by atoms with E-state index in [4.69, 9.17) is 23.2 Å². The average molecular weight is 306 g/mol. The fourth-order valence-electron chi connectivity index (χ4n) is 1.91. The number of aromatic amines is 1. The molecule has 2 aromatic heterocycles. The normalized spacial score (nSPS) is 10.7. The molecule has 20 heavy (non-hydrogen) atoms. The van der Waals surface area contributed by atoms with Gasteiger partial charge in [-0.05, 0) is 24.3 Å². The smallest absolute Gasteiger partial charge is 0.272 e. The molecule has 6 heteroatoms. The Morgan fingerprint density at radius 3 is 2.80 bits per heavy atom. The van der Waals surface area contributed by atoms with Crippen molar-refractivity contribution in [1.29, 1.82) is 0 Å². The van der Waals surface area contributed by atoms with Crippen LogP contribution in [-0.4, -0.2) is 15.9 Å². The first-order chi connectivity index (χ1) is 9.65. The minimum absolute atomic E-state index is 0.245. The Hall–Kier alpha value is -2.04. The van der Waals surface area contributed by atoms with Gasteiger partial charge in [0.05, 0.1) is 16.2 Å². The third kappa shape index (κ3) is 2.35. The summed E-state index contributed by atoms with van der Waals surface area (Å²) in [5.41, 5.74) is 1.61. The maximum atomic E-state index is 12.2. The number of amides is 1. The van der Waals surface area contributed by atoms with Crippen LogP contribution in [-0.2, 0) is 0 Å². The van der Waals surface area contributed by atoms with E-state index in [1.54, 1.807) is 30.5 Å². The van der Waals surface area contributed by atoms with Gasteiger partial charge >= 0.3 is 0 Å². The second-order valence-corrected chi connectivity index (χ2v) is 4.95. The molecule has 100 valence electrons. The zero-order valence-corrected chi connectivity index (χ0v) is 11.7. The quantitative estimate of drug-likeness (QED) is 0.700. The summed E-state index contributed by atoms with van der Waals surface area (Å²) in [6.07, 6.45) is 1.56. The molecule has 3 rings (SSSR count). The largest absolute Gasteiger partial charge is 0.349 e. The maximum Gasteiger partial charge on any atom is 0.272 e. The lowest BCUT2D eigenvalue weighted by Gasteiger charge is -2.04. The summed E-state index contributed by atoms with van der Waals surface area (Å²) in [6, 6.07) is 10.6. The van der Waals surface area contributed by atoms with Gasteiger partial charge in [-0.3, -0.25) is 4.79 Å². The molecule has 0 fully saturated rings. The Balaban J connectivity index is 1.93. The van der Waals surface area contributed by atoms with Crippen molar-refractivity contribution >= 4 is 45.7 Å². The number of para-hydroxylation sites is 1. The molecule has 0 spiro atoms. The van der Waals surface area contributed by atoms with Gasteiger partial charge in [0, 0.05) is 11.6 Å². The second kappa shape index (κ2) is 5.15. The van der Waals surface area contributed by atoms with Crippen LogP contribution in [0, 0.1) is 0 Å². The number of fused-ring (bicyclic) bond motifs is 1. The number of carbonyl (C=O) groups is 1. The number of nitrogens with zero attached hydrogens (tertiary/aromatic N) is 1. The lowest BCUT2D eigenvalue weighted by molar-refractivity contribution is 0.102. The predicted molar refractivity (Wildman–Crippen MR) is 80.5 cm³/mol. The van der Waals surface area contributed by atoms with Crippen molar-refractivity contribution in [3.05, 3.63) is 58.5 Å². The first-order valence-corrected chi connectivity index (χ1v) is 6.60. The number of hydrogen-bond donors (Lipinski definition) is 2. The predicted octanol–water partition coefficient (Wildman–Crippen LogP) is 4.12. The molecule has 0 saturated heterocycles. The Bertz CT molecular complexity index is 798. The minimum atomic E-state index is -0.299. The van der Waals surface area contributed by atoms with E-state index in [1.807, 2.05) is 12.1 Å². The van der Waals surface area contributed by atoms with Crippen molar-refractivity contribution in [3.63, 3.8) is 0 Å². The Morgan fingerprint density at radius 2 is 2.05 bits per heavy atom. The van der Waals surface area contributed by atoms with Gasteiger partial charge in [-0.1, -0.05) is 35.3 Å². The highest BCUT2D eigenvalue weighted by atomic mass is 35.5. The summed E-state index contributed by atoms with van der Waals surface area (Å²) in [6.45, 7) is 0. The van der Waals surface area contributed by atoms with Gasteiger partial charge in [-0.15, -0.1) is 0 Å². The lowest BCUT2D eigenvalue weighted by Crippen LogP contribution is -2.12. The van der Waals surface area contributed by atoms with Gasteiger partial charge in [0.2, 0.25) is 0 Å². The number of benzene rings is 1. The van der Waals surface area contributed by atoms with Crippen molar-refractivity contribution in [1.82, 2.24) is 9.97 Å². The summed E-state index contributed by atoms with van der Waals surface area (Å²) < 4.78 is 0. The van der Waals surface area contributed by atoms with Crippen LogP contribution in [0.1, 0.15) is 10.5 Å². The van der Waals surface area contributed by atoms with Crippen molar-refractivity contribution in [2.75, 3.05) is 5.32 Å². The Morgan fingerprint density at radius 1 is 1.20 bits per heavy atom. The zero-order valence-electron chi connectivity index (χ0n) is 10.2. The second-order valence-electron chi connectivity index (χ2n) is 4.18. The topological polar surface area (TPSA) is 57.8 Å². The van der Waals surface area contributed by atoms with Crippen LogP contribution >= 0.6 is 23.2 Å². The summed E-state index contributed by atoms with van der Waals surface area (Å²) in [4.78, 5) is 19.1. The molecule has 2 heterocycles. The van der Waals surface area contributed by atoms with Crippen molar-refractivity contribution in [3.8, 4) is 0 Å². The number of pyridine rings is 1. The third-order valence-electron chi connectivity index (χ3n) is 2.86. The van der Waals surface area contributed by atoms with E-state index in [0.29, 0.717) is 16.4 Å². The molecule has 0 saturated carbocycles. The minimum Gasteiger partial charge on any atom is -0.349 e. The lowest BCUT2D eigenvalue weighted by atomic mass is 10.2. The van der Waals surface area contributed by atoms with Crippen LogP contribution < -0.4 is 5.32 Å². The van der Waals surface area contributed by atoms with Crippen molar-refractivity contribution < 1.29 is 4.79 Å². The van der Waals surface area contributed by atoms with Gasteiger partial charge in [0.25, 0.3) is 5.91 Å². The van der Waals surface area contributed by atoms with E-state index in [9.17, 15) is 4.79 Å². The van der Waals surface area contributed by atoms with Gasteiger partial charge in [-0.2, -0.15) is 0 Å². The number of carbonyl (C=O) groups excluding carboxylic acids is 1. The van der Waals surface area contributed by atoms with Gasteiger partial charge < -0.3 is 10.3 Å². The molecule has 0 aliphatic heterocycles. The standard InChI is InChI=1S/C14H9Cl2N3O/c15-9-4-1-3-8-7-11(18-12(8)9)14(20)19-10-5-2-6-17-13(10)16/h1-7,18H,(H,19,20). The molecular formula is C14H9Cl2N3O. The molecule has 3 aromatic rings. The third-order valence-corrected chi connectivity index (χ3v) is 3.47. The van der Waals surface area contributed by atoms with Crippen molar-refractivity contribution in [2.45, 2.75) is 0 Å². The summed E-state index contributed by atoms with van der Waals surface area (Å²) in [5.74, 6) is -0.299. The highest BCUT2D eigenvalue weighted by Crippen LogP contribution is 2.24. The van der Waals surface area contributed by atoms with Crippen molar-refractivity contribution in [2.24, 2.45) is 0 Å². The van der Waals surface area contributed by atoms with E-state index in [0.717, 1.165) is 10.9 Å². The highest BCUT2D eigenvalue weighted by Gasteiger charge is 2.12. The molecule has 4 nitrogen and oxygen atoms in total. The number of hydrogen-bond acceptors (Lipinski definition) is 2. The number of aromatic nitrogens is 2.